The zero-order valence-corrected chi connectivity index (χ0v) is 21.7. The Morgan fingerprint density at radius 3 is 2.41 bits per heavy atom. The van der Waals surface area contributed by atoms with E-state index in [-0.39, 0.29) is 36.9 Å². The van der Waals surface area contributed by atoms with Crippen molar-refractivity contribution in [3.63, 3.8) is 0 Å². The first-order valence-electron chi connectivity index (χ1n) is 12.0. The maximum Gasteiger partial charge on any atom is 0.261 e. The number of benzene rings is 2. The number of hydrogen-bond donors (Lipinski definition) is 1. The van der Waals surface area contributed by atoms with E-state index in [1.165, 1.54) is 6.42 Å². The molecule has 0 spiro atoms. The third-order valence-electron chi connectivity index (χ3n) is 6.35. The van der Waals surface area contributed by atoms with Crippen LogP contribution < -0.4 is 10.1 Å². The molecule has 5 nitrogen and oxygen atoms in total. The van der Waals surface area contributed by atoms with Crippen molar-refractivity contribution in [2.45, 2.75) is 77.4 Å². The lowest BCUT2D eigenvalue weighted by molar-refractivity contribution is -0.142. The van der Waals surface area contributed by atoms with Gasteiger partial charge in [-0.15, -0.1) is 0 Å². The van der Waals surface area contributed by atoms with Crippen LogP contribution in [0.4, 0.5) is 0 Å². The summed E-state index contributed by atoms with van der Waals surface area (Å²) in [6.45, 7) is 5.99. The molecule has 1 aliphatic rings. The molecule has 1 fully saturated rings. The predicted octanol–water partition coefficient (Wildman–Crippen LogP) is 6.36. The maximum atomic E-state index is 13.4. The van der Waals surface area contributed by atoms with Gasteiger partial charge in [0.1, 0.15) is 11.8 Å². The molecular formula is C27H34Cl2N2O3. The third kappa shape index (κ3) is 7.13. The average molecular weight is 505 g/mol. The lowest BCUT2D eigenvalue weighted by atomic mass is 9.95. The van der Waals surface area contributed by atoms with Crippen molar-refractivity contribution < 1.29 is 14.3 Å². The molecule has 184 valence electrons. The van der Waals surface area contributed by atoms with Crippen LogP contribution in [0.1, 0.15) is 69.9 Å². The smallest absolute Gasteiger partial charge is 0.261 e. The molecule has 34 heavy (non-hydrogen) atoms. The second-order valence-corrected chi connectivity index (χ2v) is 10.1. The number of carbonyl (C=O) groups excluding carboxylic acids is 2. The summed E-state index contributed by atoms with van der Waals surface area (Å²) in [6.07, 6.45) is 5.41. The molecule has 0 aromatic heterocycles. The van der Waals surface area contributed by atoms with Gasteiger partial charge in [-0.3, -0.25) is 9.59 Å². The van der Waals surface area contributed by atoms with Crippen LogP contribution in [0.5, 0.6) is 5.75 Å². The van der Waals surface area contributed by atoms with Crippen molar-refractivity contribution >= 4 is 35.0 Å². The highest BCUT2D eigenvalue weighted by Crippen LogP contribution is 2.27. The van der Waals surface area contributed by atoms with Crippen LogP contribution in [0.15, 0.2) is 42.5 Å². The van der Waals surface area contributed by atoms with Gasteiger partial charge in [0.05, 0.1) is 10.0 Å². The van der Waals surface area contributed by atoms with Gasteiger partial charge < -0.3 is 15.0 Å². The molecule has 2 aromatic carbocycles. The fourth-order valence-electron chi connectivity index (χ4n) is 4.30. The van der Waals surface area contributed by atoms with E-state index in [1.54, 1.807) is 24.0 Å². The SMILES string of the molecule is CC(C)c1ccccc1OCC(=O)N(Cc1ccc(Cl)c(Cl)c1)C(C)C(=O)NC1CCCCC1. The molecule has 1 N–H and O–H groups in total. The number of halogens is 2. The zero-order valence-electron chi connectivity index (χ0n) is 20.2. The summed E-state index contributed by atoms with van der Waals surface area (Å²) in [5.74, 6) is 0.525. The van der Waals surface area contributed by atoms with Gasteiger partial charge in [0.25, 0.3) is 5.91 Å². The molecular weight excluding hydrogens is 471 g/mol. The number of amides is 2. The fraction of sp³-hybridized carbons (Fsp3) is 0.481. The molecule has 2 amide bonds. The van der Waals surface area contributed by atoms with E-state index in [9.17, 15) is 9.59 Å². The first-order valence-corrected chi connectivity index (χ1v) is 12.8. The fourth-order valence-corrected chi connectivity index (χ4v) is 4.62. The molecule has 0 heterocycles. The van der Waals surface area contributed by atoms with E-state index in [2.05, 4.69) is 19.2 Å². The van der Waals surface area contributed by atoms with E-state index < -0.39 is 6.04 Å². The Morgan fingerprint density at radius 1 is 1.03 bits per heavy atom. The quantitative estimate of drug-likeness (QED) is 0.431. The summed E-state index contributed by atoms with van der Waals surface area (Å²) in [4.78, 5) is 28.0. The molecule has 1 aliphatic carbocycles. The van der Waals surface area contributed by atoms with Crippen LogP contribution in [0.3, 0.4) is 0 Å². The number of hydrogen-bond acceptors (Lipinski definition) is 3. The number of para-hydroxylation sites is 1. The first-order chi connectivity index (χ1) is 16.3. The highest BCUT2D eigenvalue weighted by atomic mass is 35.5. The monoisotopic (exact) mass is 504 g/mol. The van der Waals surface area contributed by atoms with Crippen LogP contribution in [0.25, 0.3) is 0 Å². The molecule has 0 aliphatic heterocycles. The molecule has 2 aromatic rings. The molecule has 0 radical (unpaired) electrons. The Morgan fingerprint density at radius 2 is 1.74 bits per heavy atom. The molecule has 0 bridgehead atoms. The third-order valence-corrected chi connectivity index (χ3v) is 7.09. The van der Waals surface area contributed by atoms with Gasteiger partial charge >= 0.3 is 0 Å². The van der Waals surface area contributed by atoms with E-state index in [0.29, 0.717) is 15.8 Å². The highest BCUT2D eigenvalue weighted by molar-refractivity contribution is 6.42. The second kappa shape index (κ2) is 12.5. The van der Waals surface area contributed by atoms with E-state index in [4.69, 9.17) is 27.9 Å². The van der Waals surface area contributed by atoms with E-state index in [1.807, 2.05) is 30.3 Å². The minimum atomic E-state index is -0.659. The summed E-state index contributed by atoms with van der Waals surface area (Å²) < 4.78 is 5.93. The van der Waals surface area contributed by atoms with Crippen LogP contribution in [-0.2, 0) is 16.1 Å². The number of ether oxygens (including phenoxy) is 1. The maximum absolute atomic E-state index is 13.4. The second-order valence-electron chi connectivity index (χ2n) is 9.27. The van der Waals surface area contributed by atoms with Gasteiger partial charge in [0.15, 0.2) is 6.61 Å². The minimum absolute atomic E-state index is 0.150. The standard InChI is InChI=1S/C27H34Cl2N2O3/c1-18(2)22-11-7-8-12-25(22)34-17-26(32)31(16-20-13-14-23(28)24(29)15-20)19(3)27(33)30-21-9-5-4-6-10-21/h7-8,11-15,18-19,21H,4-6,9-10,16-17H2,1-3H3,(H,30,33). The van der Waals surface area contributed by atoms with E-state index in [0.717, 1.165) is 36.8 Å². The summed E-state index contributed by atoms with van der Waals surface area (Å²) in [7, 11) is 0. The van der Waals surface area contributed by atoms with Crippen LogP contribution in [0.2, 0.25) is 10.0 Å². The molecule has 0 saturated heterocycles. The van der Waals surface area contributed by atoms with Crippen LogP contribution in [-0.4, -0.2) is 35.4 Å². The predicted molar refractivity (Wildman–Crippen MR) is 138 cm³/mol. The Kier molecular flexibility index (Phi) is 9.66. The van der Waals surface area contributed by atoms with Gasteiger partial charge in [0, 0.05) is 12.6 Å². The number of carbonyl (C=O) groups is 2. The molecule has 1 unspecified atom stereocenters. The van der Waals surface area contributed by atoms with Crippen LogP contribution in [0, 0.1) is 0 Å². The average Bonchev–Trinajstić information content (AvgIpc) is 2.83. The van der Waals surface area contributed by atoms with Crippen molar-refractivity contribution in [1.29, 1.82) is 0 Å². The van der Waals surface area contributed by atoms with Gasteiger partial charge in [-0.25, -0.2) is 0 Å². The Balaban J connectivity index is 1.76. The Bertz CT molecular complexity index is 990. The highest BCUT2D eigenvalue weighted by Gasteiger charge is 2.28. The topological polar surface area (TPSA) is 58.6 Å². The van der Waals surface area contributed by atoms with Crippen molar-refractivity contribution in [3.05, 3.63) is 63.6 Å². The first kappa shape index (κ1) is 26.4. The van der Waals surface area contributed by atoms with Gasteiger partial charge in [0.2, 0.25) is 5.91 Å². The summed E-state index contributed by atoms with van der Waals surface area (Å²) in [5.41, 5.74) is 1.83. The van der Waals surface area contributed by atoms with E-state index >= 15 is 0 Å². The number of rotatable bonds is 9. The zero-order chi connectivity index (χ0) is 24.7. The minimum Gasteiger partial charge on any atom is -0.483 e. The lowest BCUT2D eigenvalue weighted by Gasteiger charge is -2.31. The molecule has 1 saturated carbocycles. The molecule has 3 rings (SSSR count). The Labute approximate surface area is 212 Å². The van der Waals surface area contributed by atoms with Crippen molar-refractivity contribution in [2.24, 2.45) is 0 Å². The van der Waals surface area contributed by atoms with Crippen molar-refractivity contribution in [3.8, 4) is 5.75 Å². The van der Waals surface area contributed by atoms with Crippen LogP contribution >= 0.6 is 23.2 Å². The number of nitrogens with zero attached hydrogens (tertiary/aromatic N) is 1. The van der Waals surface area contributed by atoms with Gasteiger partial charge in [-0.1, -0.05) is 80.6 Å². The molecule has 7 heteroatoms. The summed E-state index contributed by atoms with van der Waals surface area (Å²) in [6, 6.07) is 12.5. The summed E-state index contributed by atoms with van der Waals surface area (Å²) in [5, 5.41) is 3.99. The van der Waals surface area contributed by atoms with Gasteiger partial charge in [-0.05, 0) is 55.0 Å². The largest absolute Gasteiger partial charge is 0.483 e. The Hall–Kier alpha value is -2.24. The van der Waals surface area contributed by atoms with Gasteiger partial charge in [-0.2, -0.15) is 0 Å². The van der Waals surface area contributed by atoms with Crippen molar-refractivity contribution in [1.82, 2.24) is 10.2 Å². The summed E-state index contributed by atoms with van der Waals surface area (Å²) >= 11 is 12.3. The lowest BCUT2D eigenvalue weighted by Crippen LogP contribution is -2.51. The normalized spacial score (nSPS) is 15.1. The van der Waals surface area contributed by atoms with Crippen molar-refractivity contribution in [2.75, 3.05) is 6.61 Å². The molecule has 1 atom stereocenters. The number of nitrogens with one attached hydrogen (secondary N) is 1.